The Morgan fingerprint density at radius 2 is 2.12 bits per heavy atom. The standard InChI is InChI=1S/C19H17N3O2/c1-3-15-13-20-18(19(23)24-2)12-16(15)11-14-5-7-17(8-6-14)22-10-4-9-21-22/h3-10,12-13H,1,11H2,2H3. The maximum atomic E-state index is 11.7. The quantitative estimate of drug-likeness (QED) is 0.677. The van der Waals surface area contributed by atoms with Gasteiger partial charge in [0.2, 0.25) is 0 Å². The van der Waals surface area contributed by atoms with Crippen LogP contribution in [-0.4, -0.2) is 27.8 Å². The maximum absolute atomic E-state index is 11.7. The second kappa shape index (κ2) is 6.91. The van der Waals surface area contributed by atoms with E-state index in [2.05, 4.69) is 16.7 Å². The normalized spacial score (nSPS) is 10.4. The number of rotatable bonds is 5. The van der Waals surface area contributed by atoms with Crippen LogP contribution in [0.15, 0.2) is 61.6 Å². The SMILES string of the molecule is C=Cc1cnc(C(=O)OC)cc1Cc1ccc(-n2cccn2)cc1. The lowest BCUT2D eigenvalue weighted by Gasteiger charge is -2.09. The first-order chi connectivity index (χ1) is 11.7. The summed E-state index contributed by atoms with van der Waals surface area (Å²) >= 11 is 0. The summed E-state index contributed by atoms with van der Waals surface area (Å²) in [5.74, 6) is -0.444. The fraction of sp³-hybridized carbons (Fsp3) is 0.105. The summed E-state index contributed by atoms with van der Waals surface area (Å²) in [6.45, 7) is 3.81. The number of benzene rings is 1. The zero-order chi connectivity index (χ0) is 16.9. The van der Waals surface area contributed by atoms with Crippen LogP contribution in [0.4, 0.5) is 0 Å². The van der Waals surface area contributed by atoms with Crippen molar-refractivity contribution in [2.75, 3.05) is 7.11 Å². The lowest BCUT2D eigenvalue weighted by atomic mass is 10.0. The van der Waals surface area contributed by atoms with E-state index in [-0.39, 0.29) is 0 Å². The predicted octanol–water partition coefficient (Wildman–Crippen LogP) is 3.29. The molecule has 0 saturated heterocycles. The van der Waals surface area contributed by atoms with Crippen molar-refractivity contribution in [3.05, 3.63) is 84.0 Å². The van der Waals surface area contributed by atoms with Gasteiger partial charge in [-0.25, -0.2) is 14.5 Å². The molecule has 3 aromatic rings. The van der Waals surface area contributed by atoms with Crippen molar-refractivity contribution in [2.24, 2.45) is 0 Å². The Balaban J connectivity index is 1.87. The van der Waals surface area contributed by atoms with E-state index in [1.807, 2.05) is 36.5 Å². The van der Waals surface area contributed by atoms with Gasteiger partial charge in [-0.2, -0.15) is 5.10 Å². The van der Waals surface area contributed by atoms with Crippen molar-refractivity contribution in [1.82, 2.24) is 14.8 Å². The second-order valence-electron chi connectivity index (χ2n) is 5.26. The number of nitrogens with zero attached hydrogens (tertiary/aromatic N) is 3. The fourth-order valence-corrected chi connectivity index (χ4v) is 2.47. The molecule has 0 aliphatic rings. The summed E-state index contributed by atoms with van der Waals surface area (Å²) in [5.41, 5.74) is 4.30. The molecule has 0 aliphatic carbocycles. The Morgan fingerprint density at radius 1 is 1.33 bits per heavy atom. The van der Waals surface area contributed by atoms with Gasteiger partial charge >= 0.3 is 5.97 Å². The van der Waals surface area contributed by atoms with Crippen molar-refractivity contribution >= 4 is 12.0 Å². The molecule has 0 spiro atoms. The summed E-state index contributed by atoms with van der Waals surface area (Å²) in [7, 11) is 1.35. The van der Waals surface area contributed by atoms with Crippen LogP contribution >= 0.6 is 0 Å². The van der Waals surface area contributed by atoms with Gasteiger partial charge in [-0.3, -0.25) is 0 Å². The number of ether oxygens (including phenoxy) is 1. The van der Waals surface area contributed by atoms with Crippen LogP contribution < -0.4 is 0 Å². The number of aromatic nitrogens is 3. The first kappa shape index (κ1) is 15.7. The van der Waals surface area contributed by atoms with E-state index in [1.165, 1.54) is 7.11 Å². The minimum atomic E-state index is -0.444. The van der Waals surface area contributed by atoms with Gasteiger partial charge in [0.15, 0.2) is 0 Å². The molecule has 1 aromatic carbocycles. The molecule has 5 heteroatoms. The Labute approximate surface area is 140 Å². The summed E-state index contributed by atoms with van der Waals surface area (Å²) in [6, 6.07) is 11.8. The zero-order valence-electron chi connectivity index (χ0n) is 13.3. The Hall–Kier alpha value is -3.21. The average molecular weight is 319 g/mol. The summed E-state index contributed by atoms with van der Waals surface area (Å²) in [6.07, 6.45) is 7.70. The van der Waals surface area contributed by atoms with E-state index in [9.17, 15) is 4.79 Å². The van der Waals surface area contributed by atoms with Crippen molar-refractivity contribution in [2.45, 2.75) is 6.42 Å². The third kappa shape index (κ3) is 3.25. The molecule has 0 radical (unpaired) electrons. The molecule has 0 saturated carbocycles. The topological polar surface area (TPSA) is 57.0 Å². The van der Waals surface area contributed by atoms with Gasteiger partial charge in [-0.15, -0.1) is 0 Å². The van der Waals surface area contributed by atoms with Crippen LogP contribution in [0.3, 0.4) is 0 Å². The average Bonchev–Trinajstić information content (AvgIpc) is 3.16. The molecule has 0 unspecified atom stereocenters. The van der Waals surface area contributed by atoms with E-state index < -0.39 is 5.97 Å². The molecule has 3 rings (SSSR count). The largest absolute Gasteiger partial charge is 0.464 e. The molecule has 0 bridgehead atoms. The van der Waals surface area contributed by atoms with Gasteiger partial charge in [0.05, 0.1) is 12.8 Å². The fourth-order valence-electron chi connectivity index (χ4n) is 2.47. The number of carbonyl (C=O) groups excluding carboxylic acids is 1. The number of pyridine rings is 1. The number of methoxy groups -OCH3 is 1. The van der Waals surface area contributed by atoms with E-state index in [0.717, 1.165) is 22.4 Å². The van der Waals surface area contributed by atoms with Crippen LogP contribution in [0.25, 0.3) is 11.8 Å². The van der Waals surface area contributed by atoms with E-state index >= 15 is 0 Å². The minimum absolute atomic E-state index is 0.297. The van der Waals surface area contributed by atoms with Gasteiger partial charge in [0.25, 0.3) is 0 Å². The van der Waals surface area contributed by atoms with Crippen LogP contribution in [0, 0.1) is 0 Å². The molecular weight excluding hydrogens is 302 g/mol. The molecule has 0 N–H and O–H groups in total. The van der Waals surface area contributed by atoms with Crippen molar-refractivity contribution in [3.63, 3.8) is 0 Å². The van der Waals surface area contributed by atoms with Gasteiger partial charge in [0, 0.05) is 18.6 Å². The van der Waals surface area contributed by atoms with Crippen LogP contribution in [-0.2, 0) is 11.2 Å². The first-order valence-electron chi connectivity index (χ1n) is 7.50. The molecule has 0 aliphatic heterocycles. The van der Waals surface area contributed by atoms with Gasteiger partial charge in [0.1, 0.15) is 5.69 Å². The molecule has 2 aromatic heterocycles. The zero-order valence-corrected chi connectivity index (χ0v) is 13.3. The Kier molecular flexibility index (Phi) is 4.52. The predicted molar refractivity (Wildman–Crippen MR) is 92.0 cm³/mol. The smallest absolute Gasteiger partial charge is 0.356 e. The second-order valence-corrected chi connectivity index (χ2v) is 5.26. The summed E-state index contributed by atoms with van der Waals surface area (Å²) < 4.78 is 6.54. The summed E-state index contributed by atoms with van der Waals surface area (Å²) in [5, 5.41) is 4.21. The van der Waals surface area contributed by atoms with Gasteiger partial charge in [-0.1, -0.05) is 24.8 Å². The number of carbonyl (C=O) groups is 1. The first-order valence-corrected chi connectivity index (χ1v) is 7.50. The monoisotopic (exact) mass is 319 g/mol. The highest BCUT2D eigenvalue weighted by molar-refractivity contribution is 5.87. The van der Waals surface area contributed by atoms with Crippen molar-refractivity contribution in [1.29, 1.82) is 0 Å². The molecule has 120 valence electrons. The highest BCUT2D eigenvalue weighted by atomic mass is 16.5. The molecular formula is C19H17N3O2. The molecule has 24 heavy (non-hydrogen) atoms. The van der Waals surface area contributed by atoms with E-state index in [4.69, 9.17) is 4.74 Å². The number of esters is 1. The van der Waals surface area contributed by atoms with Crippen molar-refractivity contribution < 1.29 is 9.53 Å². The van der Waals surface area contributed by atoms with Crippen LogP contribution in [0.2, 0.25) is 0 Å². The summed E-state index contributed by atoms with van der Waals surface area (Å²) in [4.78, 5) is 15.8. The van der Waals surface area contributed by atoms with E-state index in [1.54, 1.807) is 29.2 Å². The minimum Gasteiger partial charge on any atom is -0.464 e. The Bertz CT molecular complexity index is 853. The third-order valence-corrected chi connectivity index (χ3v) is 3.74. The number of hydrogen-bond donors (Lipinski definition) is 0. The van der Waals surface area contributed by atoms with Gasteiger partial charge < -0.3 is 4.74 Å². The van der Waals surface area contributed by atoms with Crippen LogP contribution in [0.5, 0.6) is 0 Å². The third-order valence-electron chi connectivity index (χ3n) is 3.74. The number of hydrogen-bond acceptors (Lipinski definition) is 4. The van der Waals surface area contributed by atoms with E-state index in [0.29, 0.717) is 12.1 Å². The lowest BCUT2D eigenvalue weighted by molar-refractivity contribution is 0.0594. The van der Waals surface area contributed by atoms with Crippen molar-refractivity contribution in [3.8, 4) is 5.69 Å². The molecule has 5 nitrogen and oxygen atoms in total. The molecule has 0 atom stereocenters. The maximum Gasteiger partial charge on any atom is 0.356 e. The lowest BCUT2D eigenvalue weighted by Crippen LogP contribution is -2.06. The molecule has 0 amide bonds. The Morgan fingerprint density at radius 3 is 2.75 bits per heavy atom. The van der Waals surface area contributed by atoms with Gasteiger partial charge in [-0.05, 0) is 47.4 Å². The highest BCUT2D eigenvalue weighted by Crippen LogP contribution is 2.18. The van der Waals surface area contributed by atoms with Crippen LogP contribution in [0.1, 0.15) is 27.2 Å². The highest BCUT2D eigenvalue weighted by Gasteiger charge is 2.11. The molecule has 2 heterocycles. The molecule has 0 fully saturated rings.